The molecule has 3 nitrogen and oxygen atoms in total. The Morgan fingerprint density at radius 3 is 2.57 bits per heavy atom. The van der Waals surface area contributed by atoms with Crippen LogP contribution in [0.3, 0.4) is 0 Å². The van der Waals surface area contributed by atoms with Gasteiger partial charge in [-0.3, -0.25) is 9.88 Å². The minimum atomic E-state index is -0.501. The molecule has 0 unspecified atom stereocenters. The molecule has 0 radical (unpaired) electrons. The number of halogens is 1. The second kappa shape index (κ2) is 7.20. The molecule has 0 amide bonds. The Bertz CT molecular complexity index is 636. The van der Waals surface area contributed by atoms with Crippen molar-refractivity contribution >= 4 is 0 Å². The van der Waals surface area contributed by atoms with Crippen molar-refractivity contribution in [2.45, 2.75) is 32.4 Å². The van der Waals surface area contributed by atoms with Gasteiger partial charge in [-0.2, -0.15) is 0 Å². The fraction of sp³-hybridized carbons (Fsp3) is 0.421. The number of aryl methyl sites for hydroxylation is 1. The van der Waals surface area contributed by atoms with Crippen LogP contribution in [0.4, 0.5) is 4.39 Å². The first kappa shape index (κ1) is 16.1. The van der Waals surface area contributed by atoms with Crippen molar-refractivity contribution in [3.63, 3.8) is 0 Å². The molecule has 3 rings (SSSR count). The monoisotopic (exact) mass is 314 g/mol. The fourth-order valence-electron chi connectivity index (χ4n) is 3.32. The molecule has 1 atom stereocenters. The molecular formula is C19H23FN2O. The summed E-state index contributed by atoms with van der Waals surface area (Å²) in [5.74, 6) is -0.0186. The van der Waals surface area contributed by atoms with Gasteiger partial charge in [0.1, 0.15) is 5.82 Å². The highest BCUT2D eigenvalue weighted by Crippen LogP contribution is 2.31. The average molecular weight is 314 g/mol. The highest BCUT2D eigenvalue weighted by molar-refractivity contribution is 5.19. The summed E-state index contributed by atoms with van der Waals surface area (Å²) in [4.78, 5) is 6.65. The number of hydrogen-bond donors (Lipinski definition) is 1. The van der Waals surface area contributed by atoms with Gasteiger partial charge in [0.2, 0.25) is 0 Å². The lowest BCUT2D eigenvalue weighted by atomic mass is 9.87. The SMILES string of the molecule is Cc1cncc(CN2CCC([C@H](O)c3ccc(F)cc3)CC2)c1. The van der Waals surface area contributed by atoms with Gasteiger partial charge in [-0.15, -0.1) is 0 Å². The molecule has 0 spiro atoms. The maximum atomic E-state index is 13.0. The van der Waals surface area contributed by atoms with Crippen LogP contribution in [0.1, 0.15) is 35.6 Å². The fourth-order valence-corrected chi connectivity index (χ4v) is 3.32. The molecule has 122 valence electrons. The predicted molar refractivity (Wildman–Crippen MR) is 88.3 cm³/mol. The third kappa shape index (κ3) is 4.15. The van der Waals surface area contributed by atoms with Gasteiger partial charge < -0.3 is 5.11 Å². The summed E-state index contributed by atoms with van der Waals surface area (Å²) in [6.45, 7) is 4.91. The van der Waals surface area contributed by atoms with Crippen molar-refractivity contribution in [2.75, 3.05) is 13.1 Å². The summed E-state index contributed by atoms with van der Waals surface area (Å²) < 4.78 is 13.0. The Labute approximate surface area is 136 Å². The van der Waals surface area contributed by atoms with Crippen LogP contribution >= 0.6 is 0 Å². The maximum absolute atomic E-state index is 13.0. The van der Waals surface area contributed by atoms with E-state index in [0.717, 1.165) is 38.0 Å². The van der Waals surface area contributed by atoms with Gasteiger partial charge in [0.25, 0.3) is 0 Å². The Morgan fingerprint density at radius 2 is 1.91 bits per heavy atom. The van der Waals surface area contributed by atoms with Crippen LogP contribution in [0.5, 0.6) is 0 Å². The number of aromatic nitrogens is 1. The lowest BCUT2D eigenvalue weighted by Gasteiger charge is -2.34. The second-order valence-electron chi connectivity index (χ2n) is 6.48. The van der Waals surface area contributed by atoms with Crippen LogP contribution in [0.15, 0.2) is 42.7 Å². The van der Waals surface area contributed by atoms with E-state index in [-0.39, 0.29) is 11.7 Å². The van der Waals surface area contributed by atoms with E-state index >= 15 is 0 Å². The van der Waals surface area contributed by atoms with Crippen LogP contribution in [0.2, 0.25) is 0 Å². The van der Waals surface area contributed by atoms with Crippen LogP contribution in [-0.4, -0.2) is 28.1 Å². The predicted octanol–water partition coefficient (Wildman–Crippen LogP) is 3.47. The number of aliphatic hydroxyl groups excluding tert-OH is 1. The molecule has 23 heavy (non-hydrogen) atoms. The largest absolute Gasteiger partial charge is 0.388 e. The van der Waals surface area contributed by atoms with Gasteiger partial charge in [-0.05, 0) is 67.6 Å². The molecular weight excluding hydrogens is 291 g/mol. The molecule has 0 bridgehead atoms. The summed E-state index contributed by atoms with van der Waals surface area (Å²) in [6.07, 6.45) is 5.20. The minimum absolute atomic E-state index is 0.243. The number of pyridine rings is 1. The molecule has 4 heteroatoms. The van der Waals surface area contributed by atoms with Crippen LogP contribution in [0.25, 0.3) is 0 Å². The van der Waals surface area contributed by atoms with Crippen molar-refractivity contribution < 1.29 is 9.50 Å². The zero-order valence-corrected chi connectivity index (χ0v) is 13.5. The summed E-state index contributed by atoms with van der Waals surface area (Å²) in [6, 6.07) is 8.37. The van der Waals surface area contributed by atoms with Gasteiger partial charge in [-0.25, -0.2) is 4.39 Å². The van der Waals surface area contributed by atoms with E-state index < -0.39 is 6.10 Å². The number of benzene rings is 1. The number of hydrogen-bond acceptors (Lipinski definition) is 3. The number of aliphatic hydroxyl groups is 1. The standard InChI is InChI=1S/C19H23FN2O/c1-14-10-15(12-21-11-14)13-22-8-6-17(7-9-22)19(23)16-2-4-18(20)5-3-16/h2-5,10-12,17,19,23H,6-9,13H2,1H3/t19-/m1/s1. The van der Waals surface area contributed by atoms with Crippen LogP contribution in [-0.2, 0) is 6.54 Å². The smallest absolute Gasteiger partial charge is 0.123 e. The summed E-state index contributed by atoms with van der Waals surface area (Å²) in [5.41, 5.74) is 3.24. The number of rotatable bonds is 4. The van der Waals surface area contributed by atoms with E-state index in [1.165, 1.54) is 23.3 Å². The van der Waals surface area contributed by atoms with Gasteiger partial charge >= 0.3 is 0 Å². The number of piperidine rings is 1. The second-order valence-corrected chi connectivity index (χ2v) is 6.48. The van der Waals surface area contributed by atoms with E-state index in [2.05, 4.69) is 22.9 Å². The lowest BCUT2D eigenvalue weighted by molar-refractivity contribution is 0.0567. The molecule has 1 aliphatic heterocycles. The molecule has 2 heterocycles. The molecule has 1 N–H and O–H groups in total. The summed E-state index contributed by atoms with van der Waals surface area (Å²) in [7, 11) is 0. The summed E-state index contributed by atoms with van der Waals surface area (Å²) >= 11 is 0. The van der Waals surface area contributed by atoms with Gasteiger partial charge in [-0.1, -0.05) is 18.2 Å². The Hall–Kier alpha value is -1.78. The molecule has 1 fully saturated rings. The van der Waals surface area contributed by atoms with Gasteiger partial charge in [0.15, 0.2) is 0 Å². The highest BCUT2D eigenvalue weighted by Gasteiger charge is 2.26. The molecule has 1 aromatic heterocycles. The molecule has 1 saturated heterocycles. The zero-order chi connectivity index (χ0) is 16.2. The van der Waals surface area contributed by atoms with Gasteiger partial charge in [0.05, 0.1) is 6.10 Å². The van der Waals surface area contributed by atoms with Gasteiger partial charge in [0, 0.05) is 18.9 Å². The third-order valence-electron chi connectivity index (χ3n) is 4.63. The van der Waals surface area contributed by atoms with E-state index in [9.17, 15) is 9.50 Å². The average Bonchev–Trinajstić information content (AvgIpc) is 2.56. The molecule has 1 aliphatic rings. The highest BCUT2D eigenvalue weighted by atomic mass is 19.1. The van der Waals surface area contributed by atoms with E-state index in [0.29, 0.717) is 0 Å². The van der Waals surface area contributed by atoms with Crippen molar-refractivity contribution in [2.24, 2.45) is 5.92 Å². The Balaban J connectivity index is 1.54. The first-order valence-electron chi connectivity index (χ1n) is 8.18. The summed E-state index contributed by atoms with van der Waals surface area (Å²) in [5, 5.41) is 10.5. The van der Waals surface area contributed by atoms with Crippen LogP contribution < -0.4 is 0 Å². The maximum Gasteiger partial charge on any atom is 0.123 e. The first-order valence-corrected chi connectivity index (χ1v) is 8.18. The van der Waals surface area contributed by atoms with Crippen molar-refractivity contribution in [1.82, 2.24) is 9.88 Å². The van der Waals surface area contributed by atoms with E-state index in [4.69, 9.17) is 0 Å². The van der Waals surface area contributed by atoms with Crippen molar-refractivity contribution in [3.05, 3.63) is 65.2 Å². The number of likely N-dealkylation sites (tertiary alicyclic amines) is 1. The van der Waals surface area contributed by atoms with Crippen LogP contribution in [0, 0.1) is 18.7 Å². The topological polar surface area (TPSA) is 36.4 Å². The van der Waals surface area contributed by atoms with E-state index in [1.54, 1.807) is 12.1 Å². The van der Waals surface area contributed by atoms with E-state index in [1.807, 2.05) is 12.4 Å². The number of nitrogens with zero attached hydrogens (tertiary/aromatic N) is 2. The lowest BCUT2D eigenvalue weighted by Crippen LogP contribution is -2.35. The molecule has 0 saturated carbocycles. The third-order valence-corrected chi connectivity index (χ3v) is 4.63. The first-order chi connectivity index (χ1) is 11.1. The molecule has 1 aromatic carbocycles. The molecule has 0 aliphatic carbocycles. The van der Waals surface area contributed by atoms with Crippen molar-refractivity contribution in [3.8, 4) is 0 Å². The zero-order valence-electron chi connectivity index (χ0n) is 13.5. The normalized spacial score (nSPS) is 18.0. The Kier molecular flexibility index (Phi) is 5.03. The Morgan fingerprint density at radius 1 is 1.22 bits per heavy atom. The van der Waals surface area contributed by atoms with Crippen molar-refractivity contribution in [1.29, 1.82) is 0 Å². The minimum Gasteiger partial charge on any atom is -0.388 e. The molecule has 2 aromatic rings. The quantitative estimate of drug-likeness (QED) is 0.938.